The number of aryl methyl sites for hydroxylation is 1. The van der Waals surface area contributed by atoms with Crippen molar-refractivity contribution in [3.8, 4) is 0 Å². The molecule has 0 aliphatic carbocycles. The maximum absolute atomic E-state index is 12.4. The van der Waals surface area contributed by atoms with E-state index in [1.165, 1.54) is 11.9 Å². The van der Waals surface area contributed by atoms with Crippen LogP contribution >= 0.6 is 11.9 Å². The number of aliphatic hydroxyl groups excluding tert-OH is 1. The summed E-state index contributed by atoms with van der Waals surface area (Å²) in [6, 6.07) is 0. The fourth-order valence-electron chi connectivity index (χ4n) is 2.53. The summed E-state index contributed by atoms with van der Waals surface area (Å²) in [4.78, 5) is 14.4. The van der Waals surface area contributed by atoms with Crippen LogP contribution in [-0.2, 0) is 24.4 Å². The first-order valence-electron chi connectivity index (χ1n) is 7.35. The molecule has 0 radical (unpaired) electrons. The third-order valence-corrected chi connectivity index (χ3v) is 4.75. The lowest BCUT2D eigenvalue weighted by Gasteiger charge is -2.14. The fraction of sp³-hybridized carbons (Fsp3) is 0.500. The smallest absolute Gasteiger partial charge is 0.225 e. The third-order valence-electron chi connectivity index (χ3n) is 3.78. The van der Waals surface area contributed by atoms with Gasteiger partial charge in [0.1, 0.15) is 6.67 Å². The highest BCUT2D eigenvalue weighted by molar-refractivity contribution is 7.97. The Hall–Kier alpha value is -1.87. The van der Waals surface area contributed by atoms with Gasteiger partial charge in [-0.25, -0.2) is 8.48 Å². The van der Waals surface area contributed by atoms with Crippen molar-refractivity contribution in [2.45, 2.75) is 37.9 Å². The van der Waals surface area contributed by atoms with Crippen LogP contribution in [0.3, 0.4) is 0 Å². The van der Waals surface area contributed by atoms with Crippen molar-refractivity contribution in [2.24, 2.45) is 0 Å². The van der Waals surface area contributed by atoms with Crippen molar-refractivity contribution in [1.29, 1.82) is 0 Å². The number of hydrogen-bond donors (Lipinski definition) is 1. The standard InChI is InChI=1S/C14H18FN5O2S/c1-10-13(6-16-19(10)4-3-15)23-20-8-11-7-18(9-12(11)17-20)14(22)2-5-21/h6,8,21H,2-5,7,9H2,1H3. The Labute approximate surface area is 137 Å². The molecule has 7 nitrogen and oxygen atoms in total. The quantitative estimate of drug-likeness (QED) is 0.854. The number of fused-ring (bicyclic) bond motifs is 1. The lowest BCUT2D eigenvalue weighted by molar-refractivity contribution is -0.132. The average Bonchev–Trinajstić information content (AvgIpc) is 3.16. The molecule has 3 heterocycles. The zero-order valence-electron chi connectivity index (χ0n) is 12.8. The minimum Gasteiger partial charge on any atom is -0.396 e. The maximum Gasteiger partial charge on any atom is 0.225 e. The molecule has 0 unspecified atom stereocenters. The van der Waals surface area contributed by atoms with E-state index in [9.17, 15) is 9.18 Å². The number of carbonyl (C=O) groups is 1. The van der Waals surface area contributed by atoms with Gasteiger partial charge in [0.15, 0.2) is 0 Å². The van der Waals surface area contributed by atoms with E-state index in [0.29, 0.717) is 13.1 Å². The van der Waals surface area contributed by atoms with Gasteiger partial charge in [-0.1, -0.05) is 0 Å². The molecule has 1 amide bonds. The molecule has 1 aliphatic heterocycles. The molecule has 0 bridgehead atoms. The summed E-state index contributed by atoms with van der Waals surface area (Å²) < 4.78 is 15.8. The van der Waals surface area contributed by atoms with Crippen molar-refractivity contribution in [3.63, 3.8) is 0 Å². The lowest BCUT2D eigenvalue weighted by Crippen LogP contribution is -2.26. The molecule has 0 saturated carbocycles. The van der Waals surface area contributed by atoms with Crippen LogP contribution in [0.15, 0.2) is 17.3 Å². The van der Waals surface area contributed by atoms with Crippen LogP contribution in [0.2, 0.25) is 0 Å². The van der Waals surface area contributed by atoms with Gasteiger partial charge in [0.25, 0.3) is 0 Å². The highest BCUT2D eigenvalue weighted by Gasteiger charge is 2.26. The van der Waals surface area contributed by atoms with Crippen LogP contribution in [0, 0.1) is 6.92 Å². The molecule has 0 atom stereocenters. The van der Waals surface area contributed by atoms with Gasteiger partial charge in [-0.3, -0.25) is 9.48 Å². The maximum atomic E-state index is 12.4. The third kappa shape index (κ3) is 3.25. The Morgan fingerprint density at radius 1 is 1.48 bits per heavy atom. The van der Waals surface area contributed by atoms with Crippen molar-refractivity contribution >= 4 is 17.9 Å². The molecule has 0 spiro atoms. The number of hydrogen-bond acceptors (Lipinski definition) is 5. The Morgan fingerprint density at radius 2 is 2.30 bits per heavy atom. The van der Waals surface area contributed by atoms with Crippen LogP contribution in [0.4, 0.5) is 4.39 Å². The number of nitrogens with zero attached hydrogens (tertiary/aromatic N) is 5. The zero-order valence-corrected chi connectivity index (χ0v) is 13.6. The van der Waals surface area contributed by atoms with E-state index in [-0.39, 0.29) is 25.5 Å². The number of aliphatic hydroxyl groups is 1. The van der Waals surface area contributed by atoms with Crippen LogP contribution in [-0.4, -0.2) is 48.2 Å². The molecule has 9 heteroatoms. The van der Waals surface area contributed by atoms with Crippen LogP contribution in [0.5, 0.6) is 0 Å². The molecule has 2 aromatic heterocycles. The first-order chi connectivity index (χ1) is 11.1. The Balaban J connectivity index is 1.67. The predicted octanol–water partition coefficient (Wildman–Crippen LogP) is 1.14. The van der Waals surface area contributed by atoms with Crippen LogP contribution < -0.4 is 0 Å². The lowest BCUT2D eigenvalue weighted by atomic mass is 10.3. The number of alkyl halides is 1. The largest absolute Gasteiger partial charge is 0.396 e. The molecule has 23 heavy (non-hydrogen) atoms. The minimum absolute atomic E-state index is 0.0620. The molecule has 1 N–H and O–H groups in total. The van der Waals surface area contributed by atoms with Gasteiger partial charge in [0, 0.05) is 36.7 Å². The Bertz CT molecular complexity index is 691. The molecule has 0 aromatic carbocycles. The summed E-state index contributed by atoms with van der Waals surface area (Å²) in [6.07, 6.45) is 3.75. The Kier molecular flexibility index (Phi) is 4.67. The van der Waals surface area contributed by atoms with E-state index in [1.54, 1.807) is 19.9 Å². The van der Waals surface area contributed by atoms with Gasteiger partial charge in [0.2, 0.25) is 5.91 Å². The summed E-state index contributed by atoms with van der Waals surface area (Å²) in [7, 11) is 0. The fourth-order valence-corrected chi connectivity index (χ4v) is 3.38. The molecule has 0 saturated heterocycles. The molecule has 2 aromatic rings. The summed E-state index contributed by atoms with van der Waals surface area (Å²) in [5, 5.41) is 17.5. The monoisotopic (exact) mass is 339 g/mol. The van der Waals surface area contributed by atoms with E-state index in [1.807, 2.05) is 13.1 Å². The second-order valence-electron chi connectivity index (χ2n) is 5.32. The van der Waals surface area contributed by atoms with Crippen molar-refractivity contribution in [1.82, 2.24) is 23.9 Å². The average molecular weight is 339 g/mol. The molecule has 3 rings (SSSR count). The van der Waals surface area contributed by atoms with Crippen molar-refractivity contribution < 1.29 is 14.3 Å². The first-order valence-corrected chi connectivity index (χ1v) is 8.12. The molecule has 124 valence electrons. The van der Waals surface area contributed by atoms with Crippen LogP contribution in [0.1, 0.15) is 23.4 Å². The van der Waals surface area contributed by atoms with E-state index < -0.39 is 6.67 Å². The normalized spacial score (nSPS) is 13.6. The topological polar surface area (TPSA) is 76.2 Å². The number of rotatable bonds is 6. The van der Waals surface area contributed by atoms with Gasteiger partial charge < -0.3 is 10.0 Å². The first kappa shape index (κ1) is 16.0. The predicted molar refractivity (Wildman–Crippen MR) is 82.4 cm³/mol. The van der Waals surface area contributed by atoms with E-state index >= 15 is 0 Å². The van der Waals surface area contributed by atoms with Gasteiger partial charge in [-0.15, -0.1) is 0 Å². The second-order valence-corrected chi connectivity index (χ2v) is 6.32. The number of carbonyl (C=O) groups excluding carboxylic acids is 1. The minimum atomic E-state index is -0.444. The Morgan fingerprint density at radius 3 is 3.00 bits per heavy atom. The summed E-state index contributed by atoms with van der Waals surface area (Å²) in [5.74, 6) is -0.0620. The molecular formula is C14H18FN5O2S. The number of halogens is 1. The summed E-state index contributed by atoms with van der Waals surface area (Å²) in [6.45, 7) is 2.57. The van der Waals surface area contributed by atoms with Crippen molar-refractivity contribution in [2.75, 3.05) is 13.3 Å². The number of amides is 1. The van der Waals surface area contributed by atoms with Gasteiger partial charge in [-0.05, 0) is 6.92 Å². The second kappa shape index (κ2) is 6.71. The SMILES string of the molecule is Cc1c(Sn2cc3c(n2)CN(C(=O)CCO)C3)cnn1CCF. The highest BCUT2D eigenvalue weighted by Crippen LogP contribution is 2.28. The van der Waals surface area contributed by atoms with E-state index in [4.69, 9.17) is 5.11 Å². The van der Waals surface area contributed by atoms with Gasteiger partial charge >= 0.3 is 0 Å². The highest BCUT2D eigenvalue weighted by atomic mass is 32.2. The summed E-state index contributed by atoms with van der Waals surface area (Å²) in [5.41, 5.74) is 2.79. The summed E-state index contributed by atoms with van der Waals surface area (Å²) >= 11 is 1.42. The van der Waals surface area contributed by atoms with Crippen LogP contribution in [0.25, 0.3) is 0 Å². The number of aromatic nitrogens is 4. The molecule has 0 fully saturated rings. The van der Waals surface area contributed by atoms with Gasteiger partial charge in [0.05, 0.1) is 42.2 Å². The molecule has 1 aliphatic rings. The zero-order chi connectivity index (χ0) is 16.4. The van der Waals surface area contributed by atoms with E-state index in [2.05, 4.69) is 10.2 Å². The van der Waals surface area contributed by atoms with Gasteiger partial charge in [-0.2, -0.15) is 10.2 Å². The van der Waals surface area contributed by atoms with E-state index in [0.717, 1.165) is 21.8 Å². The molecular weight excluding hydrogens is 321 g/mol. The van der Waals surface area contributed by atoms with Crippen molar-refractivity contribution in [3.05, 3.63) is 29.3 Å².